The van der Waals surface area contributed by atoms with Gasteiger partial charge in [0.25, 0.3) is 0 Å². The van der Waals surface area contributed by atoms with E-state index in [1.54, 1.807) is 0 Å². The molecule has 0 aliphatic carbocycles. The second kappa shape index (κ2) is 12.9. The molecule has 2 aromatic rings. The van der Waals surface area contributed by atoms with Crippen LogP contribution in [0.4, 0.5) is 0 Å². The van der Waals surface area contributed by atoms with E-state index in [1.165, 1.54) is 12.1 Å². The van der Waals surface area contributed by atoms with Gasteiger partial charge in [-0.25, -0.2) is 0 Å². The highest BCUT2D eigenvalue weighted by Gasteiger charge is 2.25. The fraction of sp³-hybridized carbons (Fsp3) is 0.600. The number of hydrogen-bond acceptors (Lipinski definition) is 8. The first-order valence-corrected chi connectivity index (χ1v) is 14.6. The van der Waals surface area contributed by atoms with Crippen molar-refractivity contribution in [1.82, 2.24) is 0 Å². The van der Waals surface area contributed by atoms with Gasteiger partial charge in [-0.15, -0.1) is 0 Å². The molecule has 2 aromatic heterocycles. The lowest BCUT2D eigenvalue weighted by molar-refractivity contribution is 0.308. The summed E-state index contributed by atoms with van der Waals surface area (Å²) in [4.78, 5) is 23.1. The van der Waals surface area contributed by atoms with Gasteiger partial charge in [0.1, 0.15) is 47.1 Å². The molecule has 2 heterocycles. The predicted octanol–water partition coefficient (Wildman–Crippen LogP) is 3.51. The Labute approximate surface area is 212 Å². The third kappa shape index (κ3) is 10.7. The van der Waals surface area contributed by atoms with Crippen LogP contribution in [0.25, 0.3) is 0 Å². The molecule has 0 saturated heterocycles. The maximum Gasteiger partial charge on any atom is 0.226 e. The summed E-state index contributed by atoms with van der Waals surface area (Å²) in [6.07, 6.45) is 5.03. The summed E-state index contributed by atoms with van der Waals surface area (Å²) in [7, 11) is 0. The second-order valence-corrected chi connectivity index (χ2v) is 13.8. The summed E-state index contributed by atoms with van der Waals surface area (Å²) >= 11 is -2.06. The Morgan fingerprint density at radius 1 is 0.743 bits per heavy atom. The molecule has 196 valence electrons. The molecule has 8 nitrogen and oxygen atoms in total. The number of aromatic hydroxyl groups is 2. The average Bonchev–Trinajstić information content (AvgIpc) is 2.76. The molecule has 2 N–H and O–H groups in total. The lowest BCUT2D eigenvalue weighted by Gasteiger charge is -2.25. The molecule has 0 bridgehead atoms. The molecule has 2 rings (SSSR count). The minimum Gasteiger partial charge on any atom is -0.616 e. The molecule has 2 unspecified atom stereocenters. The Morgan fingerprint density at radius 2 is 1.11 bits per heavy atom. The minimum atomic E-state index is -1.03. The molecular weight excluding hydrogens is 492 g/mol. The Hall–Kier alpha value is -1.88. The van der Waals surface area contributed by atoms with Gasteiger partial charge in [-0.1, -0.05) is 50.0 Å². The van der Waals surface area contributed by atoms with Crippen LogP contribution in [-0.2, 0) is 35.2 Å². The van der Waals surface area contributed by atoms with Crippen LogP contribution in [0.2, 0.25) is 0 Å². The zero-order chi connectivity index (χ0) is 26.2. The summed E-state index contributed by atoms with van der Waals surface area (Å²) < 4.78 is 35.4. The maximum atomic E-state index is 12.4. The van der Waals surface area contributed by atoms with Gasteiger partial charge in [0.05, 0.1) is 0 Å². The molecule has 35 heavy (non-hydrogen) atoms. The van der Waals surface area contributed by atoms with Crippen molar-refractivity contribution in [2.45, 2.75) is 59.8 Å². The first-order chi connectivity index (χ1) is 16.3. The van der Waals surface area contributed by atoms with E-state index < -0.39 is 44.7 Å². The van der Waals surface area contributed by atoms with Gasteiger partial charge in [-0.3, -0.25) is 9.59 Å². The zero-order valence-electron chi connectivity index (χ0n) is 20.8. The predicted molar refractivity (Wildman–Crippen MR) is 138 cm³/mol. The first kappa shape index (κ1) is 29.4. The van der Waals surface area contributed by atoms with E-state index in [0.29, 0.717) is 66.6 Å². The van der Waals surface area contributed by atoms with E-state index in [4.69, 9.17) is 8.83 Å². The zero-order valence-corrected chi connectivity index (χ0v) is 22.5. The third-order valence-corrected chi connectivity index (χ3v) is 8.60. The van der Waals surface area contributed by atoms with Crippen molar-refractivity contribution in [2.24, 2.45) is 10.8 Å². The molecular formula is C25H36O8S2. The van der Waals surface area contributed by atoms with Crippen LogP contribution in [0.1, 0.15) is 58.5 Å². The van der Waals surface area contributed by atoms with Crippen molar-refractivity contribution >= 4 is 22.4 Å². The monoisotopic (exact) mass is 528 g/mol. The van der Waals surface area contributed by atoms with E-state index in [1.807, 2.05) is 27.7 Å². The summed E-state index contributed by atoms with van der Waals surface area (Å²) in [6, 6.07) is 2.57. The smallest absolute Gasteiger partial charge is 0.226 e. The largest absolute Gasteiger partial charge is 0.616 e. The van der Waals surface area contributed by atoms with Gasteiger partial charge in [-0.2, -0.15) is 0 Å². The Bertz CT molecular complexity index is 976. The van der Waals surface area contributed by atoms with E-state index in [9.17, 15) is 28.9 Å². The fourth-order valence-corrected chi connectivity index (χ4v) is 6.64. The highest BCUT2D eigenvalue weighted by molar-refractivity contribution is 7.92. The van der Waals surface area contributed by atoms with Gasteiger partial charge in [0, 0.05) is 31.4 Å². The highest BCUT2D eigenvalue weighted by Crippen LogP contribution is 2.28. The van der Waals surface area contributed by atoms with Crippen LogP contribution >= 0.6 is 0 Å². The molecule has 0 aromatic carbocycles. The average molecular weight is 529 g/mol. The van der Waals surface area contributed by atoms with Gasteiger partial charge in [-0.05, 0) is 23.7 Å². The van der Waals surface area contributed by atoms with Crippen molar-refractivity contribution < 1.29 is 28.2 Å². The third-order valence-electron chi connectivity index (χ3n) is 5.80. The quantitative estimate of drug-likeness (QED) is 0.354. The van der Waals surface area contributed by atoms with Gasteiger partial charge in [0.2, 0.25) is 10.9 Å². The van der Waals surface area contributed by atoms with Gasteiger partial charge in [0.15, 0.2) is 11.5 Å². The molecule has 0 aliphatic rings. The van der Waals surface area contributed by atoms with Crippen LogP contribution in [0, 0.1) is 10.8 Å². The summed E-state index contributed by atoms with van der Waals surface area (Å²) in [5, 5.41) is 18.6. The van der Waals surface area contributed by atoms with E-state index >= 15 is 0 Å². The first-order valence-electron chi connectivity index (χ1n) is 11.6. The molecule has 0 spiro atoms. The van der Waals surface area contributed by atoms with Crippen molar-refractivity contribution in [2.75, 3.05) is 23.0 Å². The molecule has 10 heteroatoms. The van der Waals surface area contributed by atoms with Gasteiger partial charge >= 0.3 is 0 Å². The van der Waals surface area contributed by atoms with Crippen molar-refractivity contribution in [3.63, 3.8) is 0 Å². The van der Waals surface area contributed by atoms with Crippen LogP contribution in [0.3, 0.4) is 0 Å². The summed E-state index contributed by atoms with van der Waals surface area (Å²) in [5.74, 6) is 2.11. The standard InChI is InChI=1S/C25H36O8S2/c1-24(2,14-18-12-20(26)22(28)16-32-18)6-10-34(30)8-5-9-35(31)11-7-25(3,4)15-19-13-21(27)23(29)17-33-19/h12-13,16-17,28-29H,5-11,14-15H2,1-4H3. The molecule has 0 saturated carbocycles. The van der Waals surface area contributed by atoms with E-state index in [2.05, 4.69) is 0 Å². The Morgan fingerprint density at radius 3 is 1.46 bits per heavy atom. The number of hydrogen-bond donors (Lipinski definition) is 2. The van der Waals surface area contributed by atoms with Crippen LogP contribution < -0.4 is 10.9 Å². The van der Waals surface area contributed by atoms with Crippen molar-refractivity contribution in [1.29, 1.82) is 0 Å². The summed E-state index contributed by atoms with van der Waals surface area (Å²) in [6.45, 7) is 8.04. The lowest BCUT2D eigenvalue weighted by atomic mass is 9.85. The van der Waals surface area contributed by atoms with Crippen LogP contribution in [-0.4, -0.2) is 42.3 Å². The second-order valence-electron chi connectivity index (χ2n) is 10.4. The van der Waals surface area contributed by atoms with Crippen LogP contribution in [0.15, 0.2) is 43.1 Å². The fourth-order valence-electron chi connectivity index (χ4n) is 3.56. The Kier molecular flexibility index (Phi) is 10.8. The summed E-state index contributed by atoms with van der Waals surface area (Å²) in [5.41, 5.74) is -1.41. The highest BCUT2D eigenvalue weighted by atomic mass is 32.2. The lowest BCUT2D eigenvalue weighted by Crippen LogP contribution is -2.24. The maximum absolute atomic E-state index is 12.4. The van der Waals surface area contributed by atoms with Crippen LogP contribution in [0.5, 0.6) is 11.5 Å². The minimum absolute atomic E-state index is 0.229. The molecule has 0 amide bonds. The molecule has 0 fully saturated rings. The van der Waals surface area contributed by atoms with Gasteiger partial charge < -0.3 is 28.2 Å². The SMILES string of the molecule is CC(C)(CC[S+]([O-])CCC[S+]([O-])CCC(C)(C)Cc1cc(=O)c(O)co1)Cc1cc(=O)c(O)co1. The molecule has 0 radical (unpaired) electrons. The van der Waals surface area contributed by atoms with E-state index in [-0.39, 0.29) is 10.8 Å². The number of rotatable bonds is 14. The molecule has 2 atom stereocenters. The topological polar surface area (TPSA) is 147 Å². The molecule has 0 aliphatic heterocycles. The normalized spacial score (nSPS) is 14.1. The Balaban J connectivity index is 1.67. The van der Waals surface area contributed by atoms with Crippen molar-refractivity contribution in [3.05, 3.63) is 56.6 Å². The van der Waals surface area contributed by atoms with E-state index in [0.717, 1.165) is 12.5 Å². The van der Waals surface area contributed by atoms with Crippen molar-refractivity contribution in [3.8, 4) is 11.5 Å².